The van der Waals surface area contributed by atoms with Gasteiger partial charge in [-0.05, 0) is 27.7 Å². The molecule has 0 unspecified atom stereocenters. The molecule has 0 aromatic rings. The highest BCUT2D eigenvalue weighted by Crippen LogP contribution is 1.98. The standard InChI is InChI=1S/C12H18O4.3C2H4/c1-5-9(3)11(13)15-7-8-16-12(14)10(4)6-2;3*1-2/h5-6H,7-8H2,1-4H3;3*1-2H2. The monoisotopic (exact) mass is 310 g/mol. The molecule has 0 rings (SSSR count). The van der Waals surface area contributed by atoms with E-state index in [-0.39, 0.29) is 25.2 Å². The van der Waals surface area contributed by atoms with E-state index in [2.05, 4.69) is 39.5 Å². The van der Waals surface area contributed by atoms with E-state index in [4.69, 9.17) is 9.47 Å². The number of rotatable bonds is 5. The minimum atomic E-state index is -0.388. The molecule has 0 saturated carbocycles. The van der Waals surface area contributed by atoms with Crippen LogP contribution < -0.4 is 0 Å². The Morgan fingerprint density at radius 2 is 0.955 bits per heavy atom. The fourth-order valence-corrected chi connectivity index (χ4v) is 0.732. The molecule has 126 valence electrons. The summed E-state index contributed by atoms with van der Waals surface area (Å²) in [6.07, 6.45) is 3.33. The summed E-state index contributed by atoms with van der Waals surface area (Å²) in [6, 6.07) is 0. The Bertz CT molecular complexity index is 317. The first kappa shape index (κ1) is 27.9. The molecule has 0 N–H and O–H groups in total. The van der Waals surface area contributed by atoms with Crippen molar-refractivity contribution in [1.29, 1.82) is 0 Å². The van der Waals surface area contributed by atoms with Gasteiger partial charge in [-0.15, -0.1) is 39.5 Å². The van der Waals surface area contributed by atoms with Crippen LogP contribution in [-0.2, 0) is 19.1 Å². The molecular formula is C18H30O4. The van der Waals surface area contributed by atoms with Crippen molar-refractivity contribution in [3.8, 4) is 0 Å². The van der Waals surface area contributed by atoms with Crippen LogP contribution in [0.25, 0.3) is 0 Å². The van der Waals surface area contributed by atoms with Crippen LogP contribution in [0, 0.1) is 0 Å². The van der Waals surface area contributed by atoms with Gasteiger partial charge in [-0.25, -0.2) is 9.59 Å². The van der Waals surface area contributed by atoms with Gasteiger partial charge in [0.1, 0.15) is 13.2 Å². The van der Waals surface area contributed by atoms with Gasteiger partial charge < -0.3 is 9.47 Å². The zero-order valence-electron chi connectivity index (χ0n) is 14.4. The molecule has 0 bridgehead atoms. The fraction of sp³-hybridized carbons (Fsp3) is 0.333. The topological polar surface area (TPSA) is 52.6 Å². The van der Waals surface area contributed by atoms with Gasteiger partial charge in [0, 0.05) is 11.1 Å². The summed E-state index contributed by atoms with van der Waals surface area (Å²) in [4.78, 5) is 22.3. The Morgan fingerprint density at radius 1 is 0.727 bits per heavy atom. The van der Waals surface area contributed by atoms with E-state index in [1.165, 1.54) is 0 Å². The highest BCUT2D eigenvalue weighted by Gasteiger charge is 2.06. The smallest absolute Gasteiger partial charge is 0.333 e. The summed E-state index contributed by atoms with van der Waals surface area (Å²) in [7, 11) is 0. The maximum absolute atomic E-state index is 11.2. The zero-order chi connectivity index (χ0) is 18.6. The molecule has 0 aliphatic carbocycles. The summed E-state index contributed by atoms with van der Waals surface area (Å²) >= 11 is 0. The van der Waals surface area contributed by atoms with Crippen LogP contribution in [-0.4, -0.2) is 25.2 Å². The highest BCUT2D eigenvalue weighted by molar-refractivity contribution is 5.88. The van der Waals surface area contributed by atoms with Gasteiger partial charge in [-0.2, -0.15) is 0 Å². The minimum Gasteiger partial charge on any atom is -0.459 e. The lowest BCUT2D eigenvalue weighted by Crippen LogP contribution is -2.14. The Hall–Kier alpha value is -2.36. The normalized spacial score (nSPS) is 9.45. The van der Waals surface area contributed by atoms with Gasteiger partial charge in [0.05, 0.1) is 0 Å². The van der Waals surface area contributed by atoms with E-state index in [1.807, 2.05) is 0 Å². The maximum Gasteiger partial charge on any atom is 0.333 e. The first-order valence-electron chi connectivity index (χ1n) is 6.63. The average Bonchev–Trinajstić information content (AvgIpc) is 2.61. The van der Waals surface area contributed by atoms with Crippen molar-refractivity contribution in [3.05, 3.63) is 62.8 Å². The average molecular weight is 310 g/mol. The van der Waals surface area contributed by atoms with Crippen molar-refractivity contribution in [1.82, 2.24) is 0 Å². The van der Waals surface area contributed by atoms with Gasteiger partial charge in [-0.3, -0.25) is 0 Å². The largest absolute Gasteiger partial charge is 0.459 e. The molecule has 0 fully saturated rings. The molecule has 4 heteroatoms. The summed E-state index contributed by atoms with van der Waals surface area (Å²) in [5, 5.41) is 0. The molecular weight excluding hydrogens is 280 g/mol. The van der Waals surface area contributed by atoms with E-state index in [1.54, 1.807) is 39.8 Å². The Balaban J connectivity index is -0.000000238. The minimum absolute atomic E-state index is 0.0761. The number of carbonyl (C=O) groups is 2. The summed E-state index contributed by atoms with van der Waals surface area (Å²) in [5.74, 6) is -0.775. The second-order valence-electron chi connectivity index (χ2n) is 3.22. The molecule has 0 radical (unpaired) electrons. The van der Waals surface area contributed by atoms with Crippen molar-refractivity contribution in [2.24, 2.45) is 0 Å². The molecule has 4 nitrogen and oxygen atoms in total. The van der Waals surface area contributed by atoms with Crippen molar-refractivity contribution in [3.63, 3.8) is 0 Å². The number of carbonyl (C=O) groups excluding carboxylic acids is 2. The van der Waals surface area contributed by atoms with E-state index < -0.39 is 0 Å². The highest BCUT2D eigenvalue weighted by atomic mass is 16.6. The molecule has 0 aliphatic rings. The molecule has 0 aromatic heterocycles. The van der Waals surface area contributed by atoms with Crippen molar-refractivity contribution in [2.75, 3.05) is 13.2 Å². The second-order valence-corrected chi connectivity index (χ2v) is 3.22. The van der Waals surface area contributed by atoms with E-state index >= 15 is 0 Å². The molecule has 0 aliphatic heterocycles. The van der Waals surface area contributed by atoms with Gasteiger partial charge >= 0.3 is 11.9 Å². The van der Waals surface area contributed by atoms with Gasteiger partial charge in [0.2, 0.25) is 0 Å². The molecule has 0 aromatic carbocycles. The van der Waals surface area contributed by atoms with Gasteiger partial charge in [-0.1, -0.05) is 12.2 Å². The van der Waals surface area contributed by atoms with E-state index in [0.29, 0.717) is 11.1 Å². The van der Waals surface area contributed by atoms with Crippen molar-refractivity contribution < 1.29 is 19.1 Å². The predicted octanol–water partition coefficient (Wildman–Crippen LogP) is 4.41. The van der Waals surface area contributed by atoms with E-state index in [0.717, 1.165) is 0 Å². The predicted molar refractivity (Wildman–Crippen MR) is 94.5 cm³/mol. The molecule has 0 heterocycles. The lowest BCUT2D eigenvalue weighted by atomic mass is 10.3. The second kappa shape index (κ2) is 23.7. The number of ether oxygens (including phenoxy) is 2. The maximum atomic E-state index is 11.2. The zero-order valence-corrected chi connectivity index (χ0v) is 14.4. The quantitative estimate of drug-likeness (QED) is 0.326. The van der Waals surface area contributed by atoms with Crippen LogP contribution in [0.5, 0.6) is 0 Å². The third-order valence-corrected chi connectivity index (χ3v) is 2.06. The molecule has 0 saturated heterocycles. The Morgan fingerprint density at radius 3 is 1.14 bits per heavy atom. The fourth-order valence-electron chi connectivity index (χ4n) is 0.732. The number of hydrogen-bond acceptors (Lipinski definition) is 4. The third-order valence-electron chi connectivity index (χ3n) is 2.06. The van der Waals surface area contributed by atoms with Crippen LogP contribution in [0.2, 0.25) is 0 Å². The lowest BCUT2D eigenvalue weighted by molar-refractivity contribution is -0.147. The van der Waals surface area contributed by atoms with Gasteiger partial charge in [0.25, 0.3) is 0 Å². The SMILES string of the molecule is C=C.C=C.C=C.CC=C(C)C(=O)OCCOC(=O)C(C)=CC. The van der Waals surface area contributed by atoms with Crippen LogP contribution in [0.4, 0.5) is 0 Å². The molecule has 0 atom stereocenters. The van der Waals surface area contributed by atoms with Gasteiger partial charge in [0.15, 0.2) is 0 Å². The summed E-state index contributed by atoms with van der Waals surface area (Å²) in [6.45, 7) is 25.0. The van der Waals surface area contributed by atoms with Crippen LogP contribution in [0.15, 0.2) is 62.8 Å². The molecule has 0 spiro atoms. The van der Waals surface area contributed by atoms with Crippen LogP contribution >= 0.6 is 0 Å². The number of allylic oxidation sites excluding steroid dienone is 2. The third kappa shape index (κ3) is 17.6. The Labute approximate surface area is 135 Å². The number of hydrogen-bond donors (Lipinski definition) is 0. The van der Waals surface area contributed by atoms with Crippen molar-refractivity contribution in [2.45, 2.75) is 27.7 Å². The summed E-state index contributed by atoms with van der Waals surface area (Å²) < 4.78 is 9.71. The van der Waals surface area contributed by atoms with E-state index in [9.17, 15) is 9.59 Å². The first-order valence-corrected chi connectivity index (χ1v) is 6.63. The first-order chi connectivity index (χ1) is 10.5. The molecule has 0 amide bonds. The molecule has 22 heavy (non-hydrogen) atoms. The Kier molecular flexibility index (Phi) is 30.1. The van der Waals surface area contributed by atoms with Crippen molar-refractivity contribution >= 4 is 11.9 Å². The van der Waals surface area contributed by atoms with Crippen LogP contribution in [0.3, 0.4) is 0 Å². The van der Waals surface area contributed by atoms with Crippen LogP contribution in [0.1, 0.15) is 27.7 Å². The summed E-state index contributed by atoms with van der Waals surface area (Å²) in [5.41, 5.74) is 1.08. The lowest BCUT2D eigenvalue weighted by Gasteiger charge is -2.06. The number of esters is 2.